The highest BCUT2D eigenvalue weighted by atomic mass is 32.1. The summed E-state index contributed by atoms with van der Waals surface area (Å²) in [6.07, 6.45) is 0. The maximum atomic E-state index is 2.44. The van der Waals surface area contributed by atoms with E-state index in [0.29, 0.717) is 0 Å². The fraction of sp³-hybridized carbons (Fsp3) is 0. The maximum absolute atomic E-state index is 2.44. The van der Waals surface area contributed by atoms with Gasteiger partial charge >= 0.3 is 0 Å². The van der Waals surface area contributed by atoms with Crippen LogP contribution in [0, 0.1) is 0 Å². The van der Waals surface area contributed by atoms with Crippen LogP contribution in [-0.2, 0) is 0 Å². The van der Waals surface area contributed by atoms with Gasteiger partial charge in [-0.1, -0.05) is 140 Å². The Morgan fingerprint density at radius 2 is 0.837 bits per heavy atom. The van der Waals surface area contributed by atoms with Crippen molar-refractivity contribution in [2.75, 3.05) is 9.80 Å². The number of hydrogen-bond donors (Lipinski definition) is 0. The average Bonchev–Trinajstić information content (AvgIpc) is 3.57. The third kappa shape index (κ3) is 5.22. The number of fused-ring (bicyclic) bond motifs is 5. The predicted molar refractivity (Wildman–Crippen MR) is 212 cm³/mol. The van der Waals surface area contributed by atoms with Crippen LogP contribution < -0.4 is 9.80 Å². The molecule has 0 spiro atoms. The molecule has 0 saturated heterocycles. The first kappa shape index (κ1) is 29.0. The van der Waals surface area contributed by atoms with Crippen LogP contribution >= 0.6 is 11.3 Å². The summed E-state index contributed by atoms with van der Waals surface area (Å²) in [4.78, 5) is 4.86. The number of para-hydroxylation sites is 3. The van der Waals surface area contributed by atoms with Crippen molar-refractivity contribution in [3.63, 3.8) is 0 Å². The fourth-order valence-electron chi connectivity index (χ4n) is 6.96. The molecule has 3 heteroatoms. The van der Waals surface area contributed by atoms with E-state index < -0.39 is 0 Å². The van der Waals surface area contributed by atoms with Crippen molar-refractivity contribution in [2.24, 2.45) is 0 Å². The van der Waals surface area contributed by atoms with Gasteiger partial charge in [-0.3, -0.25) is 0 Å². The molecule has 8 aromatic carbocycles. The van der Waals surface area contributed by atoms with Gasteiger partial charge in [0, 0.05) is 38.2 Å². The highest BCUT2D eigenvalue weighted by Crippen LogP contribution is 2.53. The second kappa shape index (κ2) is 12.5. The lowest BCUT2D eigenvalue weighted by Crippen LogP contribution is -2.17. The summed E-state index contributed by atoms with van der Waals surface area (Å²) in [7, 11) is 0. The van der Waals surface area contributed by atoms with Crippen molar-refractivity contribution in [3.8, 4) is 11.1 Å². The molecule has 232 valence electrons. The first-order valence-electron chi connectivity index (χ1n) is 16.6. The normalized spacial score (nSPS) is 11.3. The van der Waals surface area contributed by atoms with Crippen molar-refractivity contribution < 1.29 is 0 Å². The summed E-state index contributed by atoms with van der Waals surface area (Å²) >= 11 is 1.89. The Labute approximate surface area is 290 Å². The summed E-state index contributed by atoms with van der Waals surface area (Å²) in [5, 5.41) is 5.09. The van der Waals surface area contributed by atoms with E-state index >= 15 is 0 Å². The molecule has 0 bridgehead atoms. The molecule has 0 radical (unpaired) electrons. The molecule has 0 amide bonds. The van der Waals surface area contributed by atoms with Crippen LogP contribution in [0.3, 0.4) is 0 Å². The largest absolute Gasteiger partial charge is 0.308 e. The number of rotatable bonds is 7. The molecule has 2 nitrogen and oxygen atoms in total. The minimum absolute atomic E-state index is 1.10. The van der Waals surface area contributed by atoms with Crippen LogP contribution in [-0.4, -0.2) is 0 Å². The second-order valence-corrected chi connectivity index (χ2v) is 13.2. The smallest absolute Gasteiger partial charge is 0.0883 e. The molecule has 0 unspecified atom stereocenters. The standard InChI is InChI=1S/C46H32N2S/c1-5-16-33(17-6-1)35-19-15-26-39(32-35)47(36-20-7-2-8-21-36)43-31-30-42-41-29-28-34-18-13-14-27-40(34)45(41)49-46(42)44(43)48(37-22-9-3-10-23-37)38-24-11-4-12-25-38/h1-32H. The fourth-order valence-corrected chi connectivity index (χ4v) is 8.33. The molecular weight excluding hydrogens is 613 g/mol. The van der Waals surface area contributed by atoms with Gasteiger partial charge < -0.3 is 9.80 Å². The molecule has 1 aromatic heterocycles. The highest BCUT2D eigenvalue weighted by molar-refractivity contribution is 7.27. The van der Waals surface area contributed by atoms with Gasteiger partial charge in [-0.15, -0.1) is 11.3 Å². The van der Waals surface area contributed by atoms with Crippen LogP contribution in [0.25, 0.3) is 42.1 Å². The second-order valence-electron chi connectivity index (χ2n) is 12.2. The molecule has 1 heterocycles. The van der Waals surface area contributed by atoms with E-state index in [-0.39, 0.29) is 0 Å². The van der Waals surface area contributed by atoms with Crippen LogP contribution in [0.4, 0.5) is 34.1 Å². The average molecular weight is 645 g/mol. The van der Waals surface area contributed by atoms with E-state index in [2.05, 4.69) is 204 Å². The molecule has 49 heavy (non-hydrogen) atoms. The first-order chi connectivity index (χ1) is 24.3. The lowest BCUT2D eigenvalue weighted by atomic mass is 10.0. The van der Waals surface area contributed by atoms with Crippen molar-refractivity contribution in [2.45, 2.75) is 0 Å². The number of anilines is 6. The van der Waals surface area contributed by atoms with Gasteiger partial charge in [0.25, 0.3) is 0 Å². The molecule has 9 rings (SSSR count). The van der Waals surface area contributed by atoms with Crippen molar-refractivity contribution in [1.29, 1.82) is 0 Å². The van der Waals surface area contributed by atoms with Crippen LogP contribution in [0.2, 0.25) is 0 Å². The van der Waals surface area contributed by atoms with E-state index in [9.17, 15) is 0 Å². The Hall–Kier alpha value is -6.16. The van der Waals surface area contributed by atoms with Gasteiger partial charge in [-0.25, -0.2) is 0 Å². The molecule has 0 aliphatic rings. The summed E-state index contributed by atoms with van der Waals surface area (Å²) in [6.45, 7) is 0. The minimum atomic E-state index is 1.10. The van der Waals surface area contributed by atoms with E-state index in [1.54, 1.807) is 0 Å². The Morgan fingerprint density at radius 1 is 0.327 bits per heavy atom. The minimum Gasteiger partial charge on any atom is -0.308 e. The molecule has 0 aliphatic carbocycles. The highest BCUT2D eigenvalue weighted by Gasteiger charge is 2.26. The zero-order valence-corrected chi connectivity index (χ0v) is 27.6. The van der Waals surface area contributed by atoms with Gasteiger partial charge in [0.05, 0.1) is 16.1 Å². The van der Waals surface area contributed by atoms with Crippen molar-refractivity contribution in [3.05, 3.63) is 194 Å². The lowest BCUT2D eigenvalue weighted by Gasteiger charge is -2.33. The third-order valence-electron chi connectivity index (χ3n) is 9.20. The van der Waals surface area contributed by atoms with Gasteiger partial charge in [0.1, 0.15) is 0 Å². The van der Waals surface area contributed by atoms with Gasteiger partial charge in [-0.05, 0) is 76.5 Å². The zero-order chi connectivity index (χ0) is 32.6. The molecule has 0 saturated carbocycles. The van der Waals surface area contributed by atoms with E-state index in [1.165, 1.54) is 42.1 Å². The Bertz CT molecular complexity index is 2500. The summed E-state index contributed by atoms with van der Waals surface area (Å²) < 4.78 is 2.56. The van der Waals surface area contributed by atoms with E-state index in [0.717, 1.165) is 34.1 Å². The summed E-state index contributed by atoms with van der Waals surface area (Å²) in [5.74, 6) is 0. The predicted octanol–water partition coefficient (Wildman–Crippen LogP) is 13.8. The third-order valence-corrected chi connectivity index (χ3v) is 10.5. The molecular formula is C46H32N2S. The maximum Gasteiger partial charge on any atom is 0.0883 e. The van der Waals surface area contributed by atoms with Crippen LogP contribution in [0.5, 0.6) is 0 Å². The lowest BCUT2D eigenvalue weighted by molar-refractivity contribution is 1.24. The molecule has 0 N–H and O–H groups in total. The van der Waals surface area contributed by atoms with Crippen LogP contribution in [0.15, 0.2) is 194 Å². The summed E-state index contributed by atoms with van der Waals surface area (Å²) in [5.41, 5.74) is 9.03. The Morgan fingerprint density at radius 3 is 1.51 bits per heavy atom. The zero-order valence-electron chi connectivity index (χ0n) is 26.8. The number of nitrogens with zero attached hydrogens (tertiary/aromatic N) is 2. The SMILES string of the molecule is c1ccc(-c2cccc(N(c3ccccc3)c3ccc4c(sc5c6ccccc6ccc45)c3N(c3ccccc3)c3ccccc3)c2)cc1. The van der Waals surface area contributed by atoms with Crippen molar-refractivity contribution in [1.82, 2.24) is 0 Å². The van der Waals surface area contributed by atoms with Gasteiger partial charge in [0.2, 0.25) is 0 Å². The van der Waals surface area contributed by atoms with Gasteiger partial charge in [-0.2, -0.15) is 0 Å². The van der Waals surface area contributed by atoms with Crippen LogP contribution in [0.1, 0.15) is 0 Å². The topological polar surface area (TPSA) is 6.48 Å². The first-order valence-corrected chi connectivity index (χ1v) is 17.4. The van der Waals surface area contributed by atoms with Crippen molar-refractivity contribution >= 4 is 76.4 Å². The van der Waals surface area contributed by atoms with E-state index in [1.807, 2.05) is 11.3 Å². The molecule has 0 atom stereocenters. The Kier molecular flexibility index (Phi) is 7.38. The molecule has 0 fully saturated rings. The van der Waals surface area contributed by atoms with Gasteiger partial charge in [0.15, 0.2) is 0 Å². The number of thiophene rings is 1. The number of benzene rings is 8. The molecule has 9 aromatic rings. The van der Waals surface area contributed by atoms with E-state index in [4.69, 9.17) is 0 Å². The quantitative estimate of drug-likeness (QED) is 0.170. The summed E-state index contributed by atoms with van der Waals surface area (Å²) in [6, 6.07) is 69.7. The number of hydrogen-bond acceptors (Lipinski definition) is 3. The monoisotopic (exact) mass is 644 g/mol. The Balaban J connectivity index is 1.40. The molecule has 0 aliphatic heterocycles.